The van der Waals surface area contributed by atoms with Crippen molar-refractivity contribution in [3.05, 3.63) is 59.9 Å². The average molecular weight is 749 g/mol. The monoisotopic (exact) mass is 748 g/mol. The highest BCUT2D eigenvalue weighted by Gasteiger charge is 2.23. The number of fused-ring (bicyclic) bond motifs is 1. The van der Waals surface area contributed by atoms with Gasteiger partial charge in [0, 0.05) is 6.42 Å². The molecule has 0 aliphatic carbocycles. The molecule has 0 aliphatic heterocycles. The molecule has 1 unspecified atom stereocenters. The van der Waals surface area contributed by atoms with Crippen LogP contribution in [0.3, 0.4) is 0 Å². The summed E-state index contributed by atoms with van der Waals surface area (Å²) in [6, 6.07) is 11.9. The number of aliphatic hydroxyl groups excluding tert-OH is 1. The number of nitrogens with one attached hydrogen (secondary N) is 1. The van der Waals surface area contributed by atoms with Gasteiger partial charge in [-0.2, -0.15) is 0 Å². The lowest BCUT2D eigenvalue weighted by Crippen LogP contribution is -2.43. The van der Waals surface area contributed by atoms with E-state index >= 15 is 0 Å². The average Bonchev–Trinajstić information content (AvgIpc) is 3.67. The second kappa shape index (κ2) is 17.6. The maximum Gasteiger partial charge on any atom is 0.309 e. The predicted octanol–water partition coefficient (Wildman–Crippen LogP) is 0.943. The first-order valence-electron chi connectivity index (χ1n) is 15.8. The molecule has 0 saturated carbocycles. The van der Waals surface area contributed by atoms with Gasteiger partial charge in [-0.3, -0.25) is 14.4 Å². The summed E-state index contributed by atoms with van der Waals surface area (Å²) in [7, 11) is 1.89. The fraction of sp³-hybridized carbons (Fsp3) is 0.438. The minimum Gasteiger partial charge on any atom is -0.492 e. The summed E-state index contributed by atoms with van der Waals surface area (Å²) in [6.07, 6.45) is 0.495. The summed E-state index contributed by atoms with van der Waals surface area (Å²) in [5, 5.41) is 35.5. The topological polar surface area (TPSA) is 235 Å². The molecular formula is C32H42N7O10S2+. The zero-order chi connectivity index (χ0) is 37.2. The standard InChI is InChI=1S/C32H41N7O10S2/c1-39(2,3)17-25(41)13-30(42)34-9-10-48-26-6-4-5-21(11-26)18-47-19-22(31(43)44)12-24(40)16-38-15-23(36-37-38)20-49-27-7-8-28-29(14-27)50-32(35-28)51(33,45)46/h4-8,11,14-15,22,25,41H,9-10,12-13,16-20H2,1-3H3,(H3-,33,34,42,43,44,45,46)/p+1/t22?,25-/m1/s1. The molecule has 51 heavy (non-hydrogen) atoms. The number of hydrogen-bond acceptors (Lipinski definition) is 13. The number of ketones is 1. The largest absolute Gasteiger partial charge is 0.492 e. The Balaban J connectivity index is 1.17. The van der Waals surface area contributed by atoms with Crippen molar-refractivity contribution in [3.63, 3.8) is 0 Å². The number of hydrogen-bond donors (Lipinski definition) is 4. The van der Waals surface area contributed by atoms with Crippen LogP contribution < -0.4 is 19.9 Å². The predicted molar refractivity (Wildman–Crippen MR) is 184 cm³/mol. The number of carboxylic acid groups (broad SMARTS) is 1. The van der Waals surface area contributed by atoms with Crippen molar-refractivity contribution in [1.29, 1.82) is 0 Å². The number of carboxylic acids is 1. The highest BCUT2D eigenvalue weighted by molar-refractivity contribution is 7.91. The Morgan fingerprint density at radius 1 is 1.06 bits per heavy atom. The molecule has 4 aromatic rings. The number of likely N-dealkylation sites (N-methyl/N-ethyl adjacent to an activating group) is 1. The molecule has 276 valence electrons. The van der Waals surface area contributed by atoms with Crippen molar-refractivity contribution in [2.75, 3.05) is 47.4 Å². The maximum absolute atomic E-state index is 12.7. The van der Waals surface area contributed by atoms with Crippen molar-refractivity contribution >= 4 is 49.2 Å². The van der Waals surface area contributed by atoms with E-state index in [1.165, 1.54) is 10.9 Å². The van der Waals surface area contributed by atoms with Gasteiger partial charge in [-0.05, 0) is 35.9 Å². The number of carbonyl (C=O) groups excluding carboxylic acids is 2. The second-order valence-corrected chi connectivity index (χ2v) is 15.6. The van der Waals surface area contributed by atoms with Crippen LogP contribution in [0.25, 0.3) is 10.2 Å². The lowest BCUT2D eigenvalue weighted by atomic mass is 10.0. The van der Waals surface area contributed by atoms with Crippen LogP contribution in [-0.4, -0.2) is 114 Å². The van der Waals surface area contributed by atoms with Gasteiger partial charge in [0.05, 0.1) is 69.7 Å². The summed E-state index contributed by atoms with van der Waals surface area (Å²) in [5.74, 6) is -1.92. The van der Waals surface area contributed by atoms with E-state index in [9.17, 15) is 33.0 Å². The number of nitrogens with two attached hydrogens (primary N) is 1. The zero-order valence-electron chi connectivity index (χ0n) is 28.4. The van der Waals surface area contributed by atoms with E-state index in [-0.39, 0.29) is 68.4 Å². The number of ether oxygens (including phenoxy) is 3. The minimum atomic E-state index is -3.92. The van der Waals surface area contributed by atoms with Crippen molar-refractivity contribution in [3.8, 4) is 11.5 Å². The van der Waals surface area contributed by atoms with Gasteiger partial charge in [-0.15, -0.1) is 16.4 Å². The number of Topliss-reactive ketones (excluding diaryl/α,β-unsaturated/α-hetero) is 1. The number of thiazole rings is 1. The first-order valence-corrected chi connectivity index (χ1v) is 18.1. The number of rotatable bonds is 21. The highest BCUT2D eigenvalue weighted by atomic mass is 32.2. The van der Waals surface area contributed by atoms with E-state index in [4.69, 9.17) is 19.3 Å². The van der Waals surface area contributed by atoms with E-state index in [1.54, 1.807) is 42.5 Å². The normalized spacial score (nSPS) is 13.1. The lowest BCUT2D eigenvalue weighted by molar-refractivity contribution is -0.873. The van der Waals surface area contributed by atoms with Crippen LogP contribution in [0.1, 0.15) is 24.1 Å². The number of sulfonamides is 1. The molecule has 2 heterocycles. The molecule has 0 spiro atoms. The number of carbonyl (C=O) groups is 3. The number of nitrogens with zero attached hydrogens (tertiary/aromatic N) is 5. The fourth-order valence-corrected chi connectivity index (χ4v) is 6.54. The molecule has 0 saturated heterocycles. The molecule has 19 heteroatoms. The van der Waals surface area contributed by atoms with Crippen LogP contribution in [0.5, 0.6) is 11.5 Å². The second-order valence-electron chi connectivity index (χ2n) is 12.8. The van der Waals surface area contributed by atoms with Crippen LogP contribution in [0.15, 0.2) is 53.0 Å². The van der Waals surface area contributed by atoms with Crippen LogP contribution in [-0.2, 0) is 48.9 Å². The molecule has 17 nitrogen and oxygen atoms in total. The number of aromatic nitrogens is 4. The quantitative estimate of drug-likeness (QED) is 0.0687. The summed E-state index contributed by atoms with van der Waals surface area (Å²) < 4.78 is 42.4. The van der Waals surface area contributed by atoms with Crippen molar-refractivity contribution in [2.45, 2.75) is 43.0 Å². The van der Waals surface area contributed by atoms with Gasteiger partial charge in [0.25, 0.3) is 10.0 Å². The van der Waals surface area contributed by atoms with Gasteiger partial charge in [0.1, 0.15) is 49.6 Å². The van der Waals surface area contributed by atoms with Gasteiger partial charge < -0.3 is 34.2 Å². The molecular weight excluding hydrogens is 707 g/mol. The van der Waals surface area contributed by atoms with Crippen LogP contribution in [0, 0.1) is 5.92 Å². The minimum absolute atomic E-state index is 0.00677. The molecule has 0 bridgehead atoms. The summed E-state index contributed by atoms with van der Waals surface area (Å²) in [4.78, 5) is 40.6. The molecule has 0 radical (unpaired) electrons. The first kappa shape index (κ1) is 39.3. The summed E-state index contributed by atoms with van der Waals surface area (Å²) in [5.41, 5.74) is 1.61. The molecule has 5 N–H and O–H groups in total. The number of aliphatic carboxylic acids is 1. The zero-order valence-corrected chi connectivity index (χ0v) is 30.1. The molecule has 1 amide bonds. The van der Waals surface area contributed by atoms with Gasteiger partial charge in [-0.25, -0.2) is 23.2 Å². The van der Waals surface area contributed by atoms with E-state index < -0.39 is 28.0 Å². The van der Waals surface area contributed by atoms with Crippen LogP contribution in [0.4, 0.5) is 0 Å². The number of quaternary nitrogens is 1. The fourth-order valence-electron chi connectivity index (χ4n) is 4.86. The number of primary sulfonamides is 1. The highest BCUT2D eigenvalue weighted by Crippen LogP contribution is 2.28. The Kier molecular flexibility index (Phi) is 13.6. The van der Waals surface area contributed by atoms with Gasteiger partial charge in [-0.1, -0.05) is 17.3 Å². The molecule has 0 fully saturated rings. The molecule has 0 aliphatic rings. The maximum atomic E-state index is 12.7. The van der Waals surface area contributed by atoms with E-state index in [2.05, 4.69) is 20.6 Å². The Morgan fingerprint density at radius 2 is 1.82 bits per heavy atom. The summed E-state index contributed by atoms with van der Waals surface area (Å²) >= 11 is 0.922. The Hall–Kier alpha value is -4.53. The van der Waals surface area contributed by atoms with Crippen LogP contribution in [0.2, 0.25) is 0 Å². The third-order valence-corrected chi connectivity index (χ3v) is 9.41. The Labute approximate surface area is 298 Å². The third-order valence-electron chi connectivity index (χ3n) is 7.08. The van der Waals surface area contributed by atoms with E-state index in [0.717, 1.165) is 16.9 Å². The SMILES string of the molecule is C[N+](C)(C)C[C@H](O)CC(=O)NCCOc1cccc(COCC(CC(=O)Cn2cc(COc3ccc4nc(S(N)(=O)=O)sc4c3)nn2)C(=O)O)c1. The van der Waals surface area contributed by atoms with Crippen molar-refractivity contribution in [2.24, 2.45) is 11.1 Å². The smallest absolute Gasteiger partial charge is 0.309 e. The molecule has 2 aromatic carbocycles. The van der Waals surface area contributed by atoms with Crippen molar-refractivity contribution in [1.82, 2.24) is 25.3 Å². The van der Waals surface area contributed by atoms with Gasteiger partial charge in [0.15, 0.2) is 5.78 Å². The van der Waals surface area contributed by atoms with Gasteiger partial charge >= 0.3 is 5.97 Å². The van der Waals surface area contributed by atoms with E-state index in [1.807, 2.05) is 21.1 Å². The number of aliphatic hydroxyl groups is 1. The van der Waals surface area contributed by atoms with E-state index in [0.29, 0.717) is 38.4 Å². The third kappa shape index (κ3) is 13.3. The number of amides is 1. The van der Waals surface area contributed by atoms with Crippen molar-refractivity contribution < 1.29 is 51.7 Å². The van der Waals surface area contributed by atoms with Gasteiger partial charge in [0.2, 0.25) is 10.2 Å². The molecule has 4 rings (SSSR count). The number of benzene rings is 2. The Morgan fingerprint density at radius 3 is 2.55 bits per heavy atom. The molecule has 2 atom stereocenters. The lowest BCUT2D eigenvalue weighted by Gasteiger charge is -2.26. The molecule has 2 aromatic heterocycles. The summed E-state index contributed by atoms with van der Waals surface area (Å²) in [6.45, 7) is 0.626. The Bertz CT molecular complexity index is 1920. The first-order chi connectivity index (χ1) is 24.0. The van der Waals surface area contributed by atoms with Crippen LogP contribution >= 0.6 is 11.3 Å².